The summed E-state index contributed by atoms with van der Waals surface area (Å²) in [6.07, 6.45) is 0.386. The summed E-state index contributed by atoms with van der Waals surface area (Å²) in [7, 11) is -7.47. The van der Waals surface area contributed by atoms with Gasteiger partial charge in [-0.3, -0.25) is 4.79 Å². The van der Waals surface area contributed by atoms with Crippen molar-refractivity contribution in [2.75, 3.05) is 11.9 Å². The van der Waals surface area contributed by atoms with Crippen LogP contribution in [0.4, 0.5) is 5.69 Å². The van der Waals surface area contributed by atoms with Crippen LogP contribution in [0.5, 0.6) is 0 Å². The van der Waals surface area contributed by atoms with Crippen LogP contribution in [0.1, 0.15) is 12.5 Å². The molecule has 0 spiro atoms. The van der Waals surface area contributed by atoms with E-state index in [1.165, 1.54) is 30.0 Å². The molecule has 0 saturated heterocycles. The van der Waals surface area contributed by atoms with Crippen LogP contribution in [0.25, 0.3) is 0 Å². The molecule has 2 aromatic rings. The van der Waals surface area contributed by atoms with E-state index in [4.69, 9.17) is 5.14 Å². The van der Waals surface area contributed by atoms with Gasteiger partial charge in [-0.25, -0.2) is 26.7 Å². The number of carbonyl (C=O) groups is 1. The van der Waals surface area contributed by atoms with Crippen molar-refractivity contribution < 1.29 is 21.6 Å². The van der Waals surface area contributed by atoms with Gasteiger partial charge in [-0.05, 0) is 49.2 Å². The Hall–Kier alpha value is -1.92. The first-order chi connectivity index (χ1) is 13.1. The minimum absolute atomic E-state index is 0.00436. The Bertz CT molecular complexity index is 1110. The summed E-state index contributed by atoms with van der Waals surface area (Å²) < 4.78 is 50.1. The van der Waals surface area contributed by atoms with Crippen LogP contribution in [-0.4, -0.2) is 34.5 Å². The van der Waals surface area contributed by atoms with Crippen molar-refractivity contribution in [1.29, 1.82) is 0 Å². The molecule has 150 valence electrons. The van der Waals surface area contributed by atoms with Crippen LogP contribution in [-0.2, 0) is 31.3 Å². The van der Waals surface area contributed by atoms with Crippen LogP contribution < -0.4 is 15.2 Å². The minimum atomic E-state index is -3.75. The zero-order chi connectivity index (χ0) is 20.5. The lowest BCUT2D eigenvalue weighted by Gasteiger charge is -2.21. The highest BCUT2D eigenvalue weighted by molar-refractivity contribution is 8.01. The first-order valence-electron chi connectivity index (χ1n) is 8.29. The Morgan fingerprint density at radius 3 is 2.36 bits per heavy atom. The summed E-state index contributed by atoms with van der Waals surface area (Å²) in [5, 5.41) is 7.50. The van der Waals surface area contributed by atoms with E-state index in [9.17, 15) is 21.6 Å². The topological polar surface area (TPSA) is 135 Å². The second-order valence-corrected chi connectivity index (χ2v) is 11.0. The summed E-state index contributed by atoms with van der Waals surface area (Å²) in [5.74, 6) is -0.111. The highest BCUT2D eigenvalue weighted by Gasteiger charge is 2.25. The number of nitrogens with two attached hydrogens (primary N) is 1. The molecule has 0 fully saturated rings. The predicted molar refractivity (Wildman–Crippen MR) is 107 cm³/mol. The molecule has 1 amide bonds. The van der Waals surface area contributed by atoms with Crippen molar-refractivity contribution in [3.05, 3.63) is 48.0 Å². The quantitative estimate of drug-likeness (QED) is 0.618. The van der Waals surface area contributed by atoms with Gasteiger partial charge in [0.05, 0.1) is 20.7 Å². The molecule has 2 aromatic carbocycles. The monoisotopic (exact) mass is 441 g/mol. The molecule has 1 heterocycles. The van der Waals surface area contributed by atoms with Crippen LogP contribution in [0, 0.1) is 0 Å². The van der Waals surface area contributed by atoms with E-state index in [0.717, 1.165) is 5.56 Å². The van der Waals surface area contributed by atoms with Gasteiger partial charge in [-0.2, -0.15) is 0 Å². The number of primary sulfonamides is 1. The molecule has 0 aromatic heterocycles. The average Bonchev–Trinajstić information content (AvgIpc) is 2.62. The number of hydrogen-bond donors (Lipinski definition) is 3. The van der Waals surface area contributed by atoms with E-state index < -0.39 is 20.0 Å². The molecule has 1 aliphatic heterocycles. The second-order valence-electron chi connectivity index (χ2n) is 6.24. The predicted octanol–water partition coefficient (Wildman–Crippen LogP) is 1.29. The highest BCUT2D eigenvalue weighted by atomic mass is 32.2. The first kappa shape index (κ1) is 20.8. The largest absolute Gasteiger partial charge is 0.324 e. The van der Waals surface area contributed by atoms with Crippen molar-refractivity contribution in [2.45, 2.75) is 33.3 Å². The molecule has 28 heavy (non-hydrogen) atoms. The molecule has 0 aliphatic carbocycles. The van der Waals surface area contributed by atoms with Crippen LogP contribution in [0.2, 0.25) is 0 Å². The van der Waals surface area contributed by atoms with Gasteiger partial charge in [0.2, 0.25) is 26.0 Å². The van der Waals surface area contributed by atoms with Gasteiger partial charge in [0.1, 0.15) is 0 Å². The minimum Gasteiger partial charge on any atom is -0.324 e. The van der Waals surface area contributed by atoms with Crippen LogP contribution >= 0.6 is 11.8 Å². The van der Waals surface area contributed by atoms with E-state index >= 15 is 0 Å². The normalized spacial score (nSPS) is 17.1. The smallest absolute Gasteiger partial charge is 0.240 e. The molecule has 1 unspecified atom stereocenters. The molecular weight excluding hydrogens is 422 g/mol. The SMILES string of the molecule is CC1Sc2cc(S(=O)(=O)NCCc3ccc(S(N)(=O)=O)cc3)ccc2NC1=O. The van der Waals surface area contributed by atoms with Crippen molar-refractivity contribution in [3.8, 4) is 0 Å². The number of rotatable bonds is 6. The number of benzene rings is 2. The van der Waals surface area contributed by atoms with Crippen molar-refractivity contribution in [2.24, 2.45) is 5.14 Å². The molecule has 8 nitrogen and oxygen atoms in total. The maximum atomic E-state index is 12.5. The molecule has 0 bridgehead atoms. The molecule has 0 radical (unpaired) electrons. The lowest BCUT2D eigenvalue weighted by molar-refractivity contribution is -0.115. The third kappa shape index (κ3) is 4.73. The van der Waals surface area contributed by atoms with Gasteiger partial charge in [0, 0.05) is 11.4 Å². The maximum absolute atomic E-state index is 12.5. The Balaban J connectivity index is 1.66. The third-order valence-corrected chi connectivity index (χ3v) is 7.70. The van der Waals surface area contributed by atoms with E-state index in [1.54, 1.807) is 31.2 Å². The Morgan fingerprint density at radius 2 is 1.71 bits per heavy atom. The lowest BCUT2D eigenvalue weighted by Crippen LogP contribution is -2.28. The summed E-state index contributed by atoms with van der Waals surface area (Å²) in [4.78, 5) is 12.5. The summed E-state index contributed by atoms with van der Waals surface area (Å²) in [6, 6.07) is 10.5. The molecule has 3 rings (SSSR count). The summed E-state index contributed by atoms with van der Waals surface area (Å²) >= 11 is 1.31. The third-order valence-electron chi connectivity index (χ3n) is 4.15. The fourth-order valence-electron chi connectivity index (χ4n) is 2.61. The van der Waals surface area contributed by atoms with E-state index in [1.807, 2.05) is 0 Å². The van der Waals surface area contributed by atoms with Crippen molar-refractivity contribution in [3.63, 3.8) is 0 Å². The lowest BCUT2D eigenvalue weighted by atomic mass is 10.2. The number of sulfonamides is 2. The van der Waals surface area contributed by atoms with Gasteiger partial charge in [0.25, 0.3) is 0 Å². The Kier molecular flexibility index (Phi) is 5.82. The van der Waals surface area contributed by atoms with E-state index in [0.29, 0.717) is 17.0 Å². The summed E-state index contributed by atoms with van der Waals surface area (Å²) in [6.45, 7) is 1.90. The van der Waals surface area contributed by atoms with E-state index in [2.05, 4.69) is 10.0 Å². The number of thioether (sulfide) groups is 1. The number of carbonyl (C=O) groups excluding carboxylic acids is 1. The Morgan fingerprint density at radius 1 is 1.07 bits per heavy atom. The molecular formula is C17H19N3O5S3. The number of hydrogen-bond acceptors (Lipinski definition) is 6. The molecule has 1 aliphatic rings. The zero-order valence-electron chi connectivity index (χ0n) is 14.9. The number of nitrogens with one attached hydrogen (secondary N) is 2. The van der Waals surface area contributed by atoms with Gasteiger partial charge in [0.15, 0.2) is 0 Å². The molecule has 11 heteroatoms. The standard InChI is InChI=1S/C17H19N3O5S3/c1-11-17(21)20-15-7-6-14(10-16(15)26-11)28(24,25)19-9-8-12-2-4-13(5-3-12)27(18,22)23/h2-7,10-11,19H,8-9H2,1H3,(H,20,21)(H2,18,22,23). The van der Waals surface area contributed by atoms with Crippen LogP contribution in [0.3, 0.4) is 0 Å². The van der Waals surface area contributed by atoms with Crippen molar-refractivity contribution in [1.82, 2.24) is 4.72 Å². The average molecular weight is 442 g/mol. The maximum Gasteiger partial charge on any atom is 0.240 e. The van der Waals surface area contributed by atoms with Crippen LogP contribution in [0.15, 0.2) is 57.2 Å². The molecule has 0 saturated carbocycles. The molecule has 1 atom stereocenters. The fourth-order valence-corrected chi connectivity index (χ4v) is 5.24. The Labute approximate surface area is 168 Å². The second kappa shape index (κ2) is 7.84. The van der Waals surface area contributed by atoms with Gasteiger partial charge < -0.3 is 5.32 Å². The first-order valence-corrected chi connectivity index (χ1v) is 12.2. The fraction of sp³-hybridized carbons (Fsp3) is 0.235. The van der Waals surface area contributed by atoms with Gasteiger partial charge in [-0.15, -0.1) is 11.8 Å². The highest BCUT2D eigenvalue weighted by Crippen LogP contribution is 2.36. The van der Waals surface area contributed by atoms with Gasteiger partial charge in [-0.1, -0.05) is 12.1 Å². The number of amides is 1. The summed E-state index contributed by atoms with van der Waals surface area (Å²) in [5.41, 5.74) is 1.37. The number of fused-ring (bicyclic) bond motifs is 1. The van der Waals surface area contributed by atoms with E-state index in [-0.39, 0.29) is 27.5 Å². The number of anilines is 1. The molecule has 4 N–H and O–H groups in total. The van der Waals surface area contributed by atoms with Gasteiger partial charge >= 0.3 is 0 Å². The van der Waals surface area contributed by atoms with Crippen molar-refractivity contribution >= 4 is 43.4 Å². The zero-order valence-corrected chi connectivity index (χ0v) is 17.3.